The number of halogens is 7. The fourth-order valence-electron chi connectivity index (χ4n) is 6.66. The molecule has 21 heteroatoms. The Hall–Kier alpha value is -7.97. The minimum Gasteiger partial charge on any atom is -0.406 e. The molecule has 0 aliphatic heterocycles. The van der Waals surface area contributed by atoms with Gasteiger partial charge in [0, 0.05) is 79.1 Å². The highest BCUT2D eigenvalue weighted by atomic mass is 19.4. The average Bonchev–Trinajstić information content (AvgIpc) is 4.08. The molecule has 14 nitrogen and oxygen atoms in total. The summed E-state index contributed by atoms with van der Waals surface area (Å²) in [7, 11) is 2.55. The highest BCUT2D eigenvalue weighted by molar-refractivity contribution is 5.92. The molecule has 6 heterocycles. The number of H-pyrrole nitrogens is 1. The summed E-state index contributed by atoms with van der Waals surface area (Å²) >= 11 is 0. The lowest BCUT2D eigenvalue weighted by atomic mass is 10.1. The van der Waals surface area contributed by atoms with Gasteiger partial charge in [-0.3, -0.25) is 32.5 Å². The summed E-state index contributed by atoms with van der Waals surface area (Å²) in [6.07, 6.45) is 3.62. The van der Waals surface area contributed by atoms with E-state index in [1.807, 2.05) is 41.1 Å². The number of rotatable bonds is 8. The van der Waals surface area contributed by atoms with Crippen LogP contribution in [0.2, 0.25) is 0 Å². The van der Waals surface area contributed by atoms with Crippen molar-refractivity contribution in [2.24, 2.45) is 14.1 Å². The second-order valence-corrected chi connectivity index (χ2v) is 13.5. The maximum Gasteiger partial charge on any atom is 0.573 e. The van der Waals surface area contributed by atoms with Crippen molar-refractivity contribution in [3.05, 3.63) is 155 Å². The number of hydrogen-bond donors (Lipinski definition) is 1. The number of fused-ring (bicyclic) bond motifs is 2. The third-order valence-electron chi connectivity index (χ3n) is 9.28. The maximum atomic E-state index is 13.4. The Morgan fingerprint density at radius 1 is 0.667 bits per heavy atom. The number of ether oxygens (including phenoxy) is 2. The molecule has 324 valence electrons. The zero-order valence-electron chi connectivity index (χ0n) is 33.8. The van der Waals surface area contributed by atoms with Crippen molar-refractivity contribution in [2.45, 2.75) is 19.3 Å². The third-order valence-corrected chi connectivity index (χ3v) is 9.28. The predicted molar refractivity (Wildman–Crippen MR) is 217 cm³/mol. The van der Waals surface area contributed by atoms with Crippen LogP contribution in [0.15, 0.2) is 138 Å². The molecule has 0 spiro atoms. The van der Waals surface area contributed by atoms with Crippen molar-refractivity contribution in [2.75, 3.05) is 7.15 Å². The van der Waals surface area contributed by atoms with Gasteiger partial charge in [-0.05, 0) is 54.1 Å². The zero-order chi connectivity index (χ0) is 45.8. The molecule has 0 saturated carbocycles. The molecule has 3 aromatic carbocycles. The summed E-state index contributed by atoms with van der Waals surface area (Å²) < 4.78 is 106. The van der Waals surface area contributed by atoms with E-state index in [9.17, 15) is 40.3 Å². The number of hydrogen-bond acceptors (Lipinski definition) is 8. The standard InChI is InChI=1S/C24H18F3N5O2.C17H12F3N5O2.CH3F/c1-30-13-17(11-29-30)20-14-32(18-7-9-19(10-8-18)34-24(25,26)27)23(33)21-22(20)31(15-28-21)12-16-5-3-2-4-6-16;1-24-7-10(6-23-24)13-8-25(16(26)15-14(13)21-9-22-15)11-2-4-12(5-3-11)27-17(18,19)20;1-2/h2-11,13-15H,12H2,1H3;2-9H,1H3,(H,21,22);1H3/i;;1D. The van der Waals surface area contributed by atoms with Gasteiger partial charge < -0.3 is 19.0 Å². The molecule has 0 bridgehead atoms. The molecule has 0 saturated heterocycles. The van der Waals surface area contributed by atoms with E-state index >= 15 is 0 Å². The van der Waals surface area contributed by atoms with Crippen LogP contribution >= 0.6 is 0 Å². The highest BCUT2D eigenvalue weighted by Gasteiger charge is 2.32. The molecule has 0 aliphatic rings. The van der Waals surface area contributed by atoms with Crippen LogP contribution < -0.4 is 20.6 Å². The largest absolute Gasteiger partial charge is 0.573 e. The van der Waals surface area contributed by atoms with Gasteiger partial charge in [0.2, 0.25) is 0 Å². The Morgan fingerprint density at radius 3 is 1.68 bits per heavy atom. The molecular weight excluding hydrogens is 842 g/mol. The smallest absolute Gasteiger partial charge is 0.406 e. The lowest BCUT2D eigenvalue weighted by molar-refractivity contribution is -0.275. The quantitative estimate of drug-likeness (QED) is 0.151. The van der Waals surface area contributed by atoms with Crippen LogP contribution in [-0.2, 0) is 20.6 Å². The summed E-state index contributed by atoms with van der Waals surface area (Å²) in [4.78, 5) is 37.5. The van der Waals surface area contributed by atoms with Crippen LogP contribution in [0.5, 0.6) is 11.5 Å². The maximum absolute atomic E-state index is 13.4. The molecule has 6 aromatic heterocycles. The molecular formula is C42H33F7N10O4. The van der Waals surface area contributed by atoms with Crippen LogP contribution in [0.1, 0.15) is 6.93 Å². The molecule has 0 fully saturated rings. The average molecular weight is 876 g/mol. The normalized spacial score (nSPS) is 11.7. The first-order valence-corrected chi connectivity index (χ1v) is 18.3. The third kappa shape index (κ3) is 9.66. The Kier molecular flexibility index (Phi) is 11.6. The monoisotopic (exact) mass is 875 g/mol. The Labute approximate surface area is 352 Å². The predicted octanol–water partition coefficient (Wildman–Crippen LogP) is 8.13. The minimum absolute atomic E-state index is 0.243. The van der Waals surface area contributed by atoms with Crippen molar-refractivity contribution < 1.29 is 41.6 Å². The van der Waals surface area contributed by atoms with Gasteiger partial charge in [-0.2, -0.15) is 10.2 Å². The summed E-state index contributed by atoms with van der Waals surface area (Å²) in [5, 5.41) is 8.37. The number of pyridine rings is 2. The molecule has 0 radical (unpaired) electrons. The molecule has 9 rings (SSSR count). The highest BCUT2D eigenvalue weighted by Crippen LogP contribution is 2.30. The van der Waals surface area contributed by atoms with E-state index in [1.54, 1.807) is 60.8 Å². The van der Waals surface area contributed by atoms with Gasteiger partial charge in [0.05, 0.1) is 39.1 Å². The molecule has 0 unspecified atom stereocenters. The summed E-state index contributed by atoms with van der Waals surface area (Å²) in [5.41, 5.74) is 5.60. The van der Waals surface area contributed by atoms with Gasteiger partial charge >= 0.3 is 12.7 Å². The first-order chi connectivity index (χ1) is 30.5. The van der Waals surface area contributed by atoms with E-state index in [1.165, 1.54) is 39.7 Å². The second kappa shape index (κ2) is 17.6. The van der Waals surface area contributed by atoms with E-state index in [0.29, 0.717) is 40.1 Å². The van der Waals surface area contributed by atoms with E-state index in [0.717, 1.165) is 41.0 Å². The first kappa shape index (κ1) is 41.8. The van der Waals surface area contributed by atoms with E-state index in [-0.39, 0.29) is 33.7 Å². The van der Waals surface area contributed by atoms with E-state index in [4.69, 9.17) is 1.37 Å². The number of nitrogens with one attached hydrogen (secondary N) is 1. The number of aromatic nitrogens is 10. The van der Waals surface area contributed by atoms with Crippen LogP contribution in [0.4, 0.5) is 30.7 Å². The first-order valence-electron chi connectivity index (χ1n) is 19.0. The number of alkyl halides is 7. The number of aromatic amines is 1. The lowest BCUT2D eigenvalue weighted by Crippen LogP contribution is -2.20. The van der Waals surface area contributed by atoms with Crippen molar-refractivity contribution in [3.63, 3.8) is 0 Å². The van der Waals surface area contributed by atoms with E-state index in [2.05, 4.69) is 34.6 Å². The fourth-order valence-corrected chi connectivity index (χ4v) is 6.66. The molecule has 0 atom stereocenters. The van der Waals surface area contributed by atoms with Crippen molar-refractivity contribution in [1.82, 2.24) is 48.2 Å². The van der Waals surface area contributed by atoms with Crippen molar-refractivity contribution in [1.29, 1.82) is 0 Å². The van der Waals surface area contributed by atoms with Gasteiger partial charge in [0.1, 0.15) is 22.5 Å². The molecule has 9 aromatic rings. The SMILES string of the molecule is Cn1cc(-c2cn(-c3ccc(OC(F)(F)F)cc3)c(=O)c3[nH]cnc23)cn1.Cn1cc(-c2cn(-c3ccc(OC(F)(F)F)cc3)c(=O)c3ncn(Cc4ccccc4)c23)cn1.[2H]CF. The van der Waals surface area contributed by atoms with Gasteiger partial charge in [-0.15, -0.1) is 26.3 Å². The number of imidazole rings is 2. The molecule has 63 heavy (non-hydrogen) atoms. The Balaban J connectivity index is 0.000000185. The van der Waals surface area contributed by atoms with Crippen LogP contribution in [-0.4, -0.2) is 68.1 Å². The van der Waals surface area contributed by atoms with Gasteiger partial charge in [0.25, 0.3) is 11.1 Å². The molecule has 0 aliphatic carbocycles. The Bertz CT molecular complexity index is 3140. The van der Waals surface area contributed by atoms with Gasteiger partial charge in [0.15, 0.2) is 5.52 Å². The molecule has 1 N–H and O–H groups in total. The van der Waals surface area contributed by atoms with Gasteiger partial charge in [-0.25, -0.2) is 9.97 Å². The summed E-state index contributed by atoms with van der Waals surface area (Å²) in [5.74, 6) is -0.737. The van der Waals surface area contributed by atoms with Crippen LogP contribution in [0.3, 0.4) is 0 Å². The van der Waals surface area contributed by atoms with Crippen molar-refractivity contribution in [3.8, 4) is 45.1 Å². The fraction of sp³-hybridized carbons (Fsp3) is 0.143. The Morgan fingerprint density at radius 2 is 1.17 bits per heavy atom. The van der Waals surface area contributed by atoms with Gasteiger partial charge in [-0.1, -0.05) is 30.3 Å². The summed E-state index contributed by atoms with van der Waals surface area (Å²) in [6, 6.07) is 19.9. The topological polar surface area (TPSA) is 145 Å². The minimum atomic E-state index is -4.80. The number of benzene rings is 3. The lowest BCUT2D eigenvalue weighted by Gasteiger charge is -2.13. The van der Waals surface area contributed by atoms with Crippen LogP contribution in [0.25, 0.3) is 55.7 Å². The zero-order valence-corrected chi connectivity index (χ0v) is 32.8. The van der Waals surface area contributed by atoms with Crippen molar-refractivity contribution >= 4 is 22.1 Å². The number of aryl methyl sites for hydroxylation is 2. The number of nitrogens with zero attached hydrogens (tertiary/aromatic N) is 9. The summed E-state index contributed by atoms with van der Waals surface area (Å²) in [6.45, 7) is 0.511. The molecule has 0 amide bonds. The van der Waals surface area contributed by atoms with E-state index < -0.39 is 19.9 Å². The van der Waals surface area contributed by atoms with Crippen LogP contribution in [0, 0.1) is 0 Å². The second-order valence-electron chi connectivity index (χ2n) is 13.5.